The molecule has 2 N–H and O–H groups in total. The van der Waals surface area contributed by atoms with E-state index in [-0.39, 0.29) is 18.3 Å². The predicted octanol–water partition coefficient (Wildman–Crippen LogP) is 2.61. The summed E-state index contributed by atoms with van der Waals surface area (Å²) in [5.41, 5.74) is 2.34. The van der Waals surface area contributed by atoms with Crippen LogP contribution in [0.4, 0.5) is 17.1 Å². The lowest BCUT2D eigenvalue weighted by atomic mass is 10.1. The topological polar surface area (TPSA) is 121 Å². The van der Waals surface area contributed by atoms with Crippen LogP contribution in [0, 0.1) is 10.1 Å². The highest BCUT2D eigenvalue weighted by molar-refractivity contribution is 6.39. The third-order valence-electron chi connectivity index (χ3n) is 5.94. The summed E-state index contributed by atoms with van der Waals surface area (Å²) in [6, 6.07) is 19.2. The van der Waals surface area contributed by atoms with Crippen molar-refractivity contribution in [1.29, 1.82) is 0 Å². The van der Waals surface area contributed by atoms with Gasteiger partial charge >= 0.3 is 11.8 Å². The maximum atomic E-state index is 12.5. The Balaban J connectivity index is 1.37. The van der Waals surface area contributed by atoms with Gasteiger partial charge in [0.1, 0.15) is 0 Å². The van der Waals surface area contributed by atoms with Crippen molar-refractivity contribution >= 4 is 28.9 Å². The van der Waals surface area contributed by atoms with E-state index in [9.17, 15) is 19.7 Å². The molecule has 180 valence electrons. The Morgan fingerprint density at radius 3 is 2.29 bits per heavy atom. The van der Waals surface area contributed by atoms with Crippen LogP contribution in [0.25, 0.3) is 0 Å². The number of nitro benzene ring substituents is 1. The first-order valence-corrected chi connectivity index (χ1v) is 11.3. The van der Waals surface area contributed by atoms with E-state index < -0.39 is 16.7 Å². The average Bonchev–Trinajstić information content (AvgIpc) is 2.90. The molecule has 0 saturated carbocycles. The van der Waals surface area contributed by atoms with Gasteiger partial charge < -0.3 is 15.5 Å². The molecule has 0 aliphatic carbocycles. The summed E-state index contributed by atoms with van der Waals surface area (Å²) in [7, 11) is 0. The van der Waals surface area contributed by atoms with Crippen LogP contribution in [0.5, 0.6) is 0 Å². The molecule has 1 aliphatic rings. The Morgan fingerprint density at radius 2 is 1.66 bits per heavy atom. The Kier molecular flexibility index (Phi) is 7.63. The minimum absolute atomic E-state index is 0.0980. The number of nitrogens with one attached hydrogen (secondary N) is 2. The average molecular weight is 475 g/mol. The number of aromatic nitrogens is 1. The quantitative estimate of drug-likeness (QED) is 0.307. The van der Waals surface area contributed by atoms with Crippen LogP contribution in [0.1, 0.15) is 11.6 Å². The summed E-state index contributed by atoms with van der Waals surface area (Å²) < 4.78 is 0. The van der Waals surface area contributed by atoms with E-state index in [4.69, 9.17) is 0 Å². The van der Waals surface area contributed by atoms with Crippen molar-refractivity contribution in [3.8, 4) is 0 Å². The molecule has 2 amide bonds. The fraction of sp³-hybridized carbons (Fsp3) is 0.240. The zero-order valence-corrected chi connectivity index (χ0v) is 19.0. The second-order valence-corrected chi connectivity index (χ2v) is 8.13. The van der Waals surface area contributed by atoms with Crippen molar-refractivity contribution in [2.45, 2.75) is 6.04 Å². The molecule has 1 atom stereocenters. The van der Waals surface area contributed by atoms with Gasteiger partial charge in [-0.1, -0.05) is 24.3 Å². The second kappa shape index (κ2) is 11.2. The third-order valence-corrected chi connectivity index (χ3v) is 5.94. The highest BCUT2D eigenvalue weighted by atomic mass is 16.6. The lowest BCUT2D eigenvalue weighted by Crippen LogP contribution is -2.50. The van der Waals surface area contributed by atoms with Crippen LogP contribution in [-0.4, -0.2) is 59.3 Å². The summed E-state index contributed by atoms with van der Waals surface area (Å²) in [5, 5.41) is 16.0. The Morgan fingerprint density at radius 1 is 0.943 bits per heavy atom. The van der Waals surface area contributed by atoms with Gasteiger partial charge in [0.15, 0.2) is 0 Å². The normalized spacial score (nSPS) is 14.7. The largest absolute Gasteiger partial charge is 0.369 e. The second-order valence-electron chi connectivity index (χ2n) is 8.13. The Labute approximate surface area is 202 Å². The van der Waals surface area contributed by atoms with Crippen LogP contribution in [0.3, 0.4) is 0 Å². The molecule has 3 aromatic rings. The molecule has 4 rings (SSSR count). The molecule has 0 spiro atoms. The molecular weight excluding hydrogens is 448 g/mol. The smallest absolute Gasteiger partial charge is 0.313 e. The van der Waals surface area contributed by atoms with Gasteiger partial charge in [-0.15, -0.1) is 0 Å². The number of carbonyl (C=O) groups is 2. The van der Waals surface area contributed by atoms with E-state index >= 15 is 0 Å². The molecular formula is C25H26N6O4. The summed E-state index contributed by atoms with van der Waals surface area (Å²) in [6.45, 7) is 3.51. The Bertz CT molecular complexity index is 1150. The lowest BCUT2D eigenvalue weighted by Gasteiger charge is -2.40. The Hall–Kier alpha value is -4.31. The lowest BCUT2D eigenvalue weighted by molar-refractivity contribution is -0.384. The number of piperazine rings is 1. The van der Waals surface area contributed by atoms with Gasteiger partial charge in [0, 0.05) is 68.6 Å². The number of hydrogen-bond acceptors (Lipinski definition) is 7. The highest BCUT2D eigenvalue weighted by Crippen LogP contribution is 2.23. The van der Waals surface area contributed by atoms with Crippen LogP contribution in [-0.2, 0) is 9.59 Å². The number of nitrogens with zero attached hydrogens (tertiary/aromatic N) is 4. The molecule has 1 unspecified atom stereocenters. The summed E-state index contributed by atoms with van der Waals surface area (Å²) in [4.78, 5) is 43.9. The van der Waals surface area contributed by atoms with Crippen molar-refractivity contribution in [2.24, 2.45) is 0 Å². The van der Waals surface area contributed by atoms with Crippen LogP contribution in [0.2, 0.25) is 0 Å². The zero-order valence-electron chi connectivity index (χ0n) is 19.0. The molecule has 0 radical (unpaired) electrons. The number of rotatable bonds is 7. The molecule has 10 heteroatoms. The van der Waals surface area contributed by atoms with Crippen molar-refractivity contribution in [3.63, 3.8) is 0 Å². The number of non-ortho nitro benzene ring substituents is 1. The number of amides is 2. The highest BCUT2D eigenvalue weighted by Gasteiger charge is 2.27. The number of anilines is 2. The van der Waals surface area contributed by atoms with E-state index in [2.05, 4.69) is 37.6 Å². The van der Waals surface area contributed by atoms with Gasteiger partial charge in [0.2, 0.25) is 0 Å². The molecule has 1 fully saturated rings. The first-order valence-electron chi connectivity index (χ1n) is 11.3. The maximum Gasteiger partial charge on any atom is 0.313 e. The van der Waals surface area contributed by atoms with Gasteiger partial charge in [-0.05, 0) is 35.9 Å². The standard InChI is InChI=1S/C25H26N6O4/c32-24(25(33)28-20-8-10-22(11-9-20)31(34)35)27-18-23(19-5-4-12-26-17-19)30-15-13-29(14-16-30)21-6-2-1-3-7-21/h1-12,17,23H,13-16,18H2,(H,27,32)(H,28,33). The third kappa shape index (κ3) is 6.18. The number of carbonyl (C=O) groups excluding carboxylic acids is 2. The minimum Gasteiger partial charge on any atom is -0.369 e. The monoisotopic (exact) mass is 474 g/mol. The summed E-state index contributed by atoms with van der Waals surface area (Å²) in [6.07, 6.45) is 3.47. The van der Waals surface area contributed by atoms with Crippen LogP contribution >= 0.6 is 0 Å². The number of benzene rings is 2. The zero-order chi connectivity index (χ0) is 24.6. The molecule has 10 nitrogen and oxygen atoms in total. The van der Waals surface area contributed by atoms with Gasteiger partial charge in [0.05, 0.1) is 11.0 Å². The number of hydrogen-bond donors (Lipinski definition) is 2. The van der Waals surface area contributed by atoms with Crippen LogP contribution < -0.4 is 15.5 Å². The molecule has 0 bridgehead atoms. The van der Waals surface area contributed by atoms with Crippen molar-refractivity contribution < 1.29 is 14.5 Å². The van der Waals surface area contributed by atoms with Crippen LogP contribution in [0.15, 0.2) is 79.1 Å². The molecule has 2 aromatic carbocycles. The molecule has 2 heterocycles. The summed E-state index contributed by atoms with van der Waals surface area (Å²) in [5.74, 6) is -1.61. The van der Waals surface area contributed by atoms with E-state index in [1.165, 1.54) is 30.0 Å². The van der Waals surface area contributed by atoms with Crippen molar-refractivity contribution in [2.75, 3.05) is 42.9 Å². The fourth-order valence-electron chi connectivity index (χ4n) is 4.09. The van der Waals surface area contributed by atoms with Gasteiger partial charge in [-0.25, -0.2) is 0 Å². The van der Waals surface area contributed by atoms with Crippen molar-refractivity contribution in [1.82, 2.24) is 15.2 Å². The number of para-hydroxylation sites is 1. The van der Waals surface area contributed by atoms with E-state index in [1.807, 2.05) is 30.3 Å². The van der Waals surface area contributed by atoms with Gasteiger partial charge in [-0.2, -0.15) is 0 Å². The number of nitro groups is 1. The van der Waals surface area contributed by atoms with E-state index in [0.29, 0.717) is 5.69 Å². The summed E-state index contributed by atoms with van der Waals surface area (Å²) >= 11 is 0. The molecule has 35 heavy (non-hydrogen) atoms. The molecule has 1 aliphatic heterocycles. The van der Waals surface area contributed by atoms with E-state index in [0.717, 1.165) is 31.7 Å². The number of pyridine rings is 1. The first kappa shape index (κ1) is 23.8. The van der Waals surface area contributed by atoms with E-state index in [1.54, 1.807) is 12.4 Å². The SMILES string of the molecule is O=C(NCC(c1cccnc1)N1CCN(c2ccccc2)CC1)C(=O)Nc1ccc([N+](=O)[O-])cc1. The van der Waals surface area contributed by atoms with Gasteiger partial charge in [0.25, 0.3) is 5.69 Å². The minimum atomic E-state index is -0.835. The maximum absolute atomic E-state index is 12.5. The van der Waals surface area contributed by atoms with Crippen molar-refractivity contribution in [3.05, 3.63) is 94.8 Å². The van der Waals surface area contributed by atoms with Gasteiger partial charge in [-0.3, -0.25) is 29.6 Å². The predicted molar refractivity (Wildman–Crippen MR) is 132 cm³/mol. The first-order chi connectivity index (χ1) is 17.0. The molecule has 1 aromatic heterocycles. The molecule has 1 saturated heterocycles. The fourth-order valence-corrected chi connectivity index (χ4v) is 4.09.